The second-order valence-electron chi connectivity index (χ2n) is 6.81. The van der Waals surface area contributed by atoms with E-state index in [4.69, 9.17) is 9.47 Å². The number of hydrogen-bond donors (Lipinski definition) is 0. The number of esters is 1. The molecule has 0 heterocycles. The van der Waals surface area contributed by atoms with Gasteiger partial charge in [0.05, 0.1) is 5.25 Å². The van der Waals surface area contributed by atoms with Crippen molar-refractivity contribution in [1.29, 1.82) is 0 Å². The summed E-state index contributed by atoms with van der Waals surface area (Å²) >= 11 is 4.16. The maximum absolute atomic E-state index is 14.7. The molecule has 7 heteroatoms. The molecule has 1 aliphatic rings. The number of thioether (sulfide) groups is 1. The summed E-state index contributed by atoms with van der Waals surface area (Å²) in [6.45, 7) is 0.0122. The second kappa shape index (κ2) is 8.78. The minimum absolute atomic E-state index is 0.0122. The smallest absolute Gasteiger partial charge is 0.314 e. The molecule has 154 valence electrons. The van der Waals surface area contributed by atoms with E-state index in [1.54, 1.807) is 36.4 Å². The van der Waals surface area contributed by atoms with Gasteiger partial charge in [-0.2, -0.15) is 0 Å². The Balaban J connectivity index is 1.34. The Morgan fingerprint density at radius 3 is 2.43 bits per heavy atom. The molecule has 0 spiro atoms. The van der Waals surface area contributed by atoms with E-state index in [0.29, 0.717) is 16.4 Å². The summed E-state index contributed by atoms with van der Waals surface area (Å²) in [5.41, 5.74) is 0.735. The molecule has 3 unspecified atom stereocenters. The number of carbonyl (C=O) groups is 1. The Kier molecular flexibility index (Phi) is 6.11. The molecule has 1 fully saturated rings. The van der Waals surface area contributed by atoms with Crippen molar-refractivity contribution in [3.8, 4) is 11.5 Å². The maximum Gasteiger partial charge on any atom is 0.314 e. The summed E-state index contributed by atoms with van der Waals surface area (Å²) in [6, 6.07) is 22.2. The molecule has 0 bridgehead atoms. The summed E-state index contributed by atoms with van der Waals surface area (Å²) in [6.07, 6.45) is 0. The molecule has 3 aromatic carbocycles. The van der Waals surface area contributed by atoms with Crippen LogP contribution < -0.4 is 4.74 Å². The number of halogens is 3. The van der Waals surface area contributed by atoms with Crippen LogP contribution in [0.15, 0.2) is 83.8 Å². The van der Waals surface area contributed by atoms with Crippen molar-refractivity contribution < 1.29 is 23.0 Å². The number of benzene rings is 3. The van der Waals surface area contributed by atoms with Gasteiger partial charge in [0, 0.05) is 4.90 Å². The average Bonchev–Trinajstić information content (AvgIpc) is 3.28. The highest BCUT2D eigenvalue weighted by atomic mass is 79.9. The Bertz CT molecular complexity index is 1030. The van der Waals surface area contributed by atoms with E-state index < -0.39 is 21.7 Å². The Morgan fingerprint density at radius 2 is 1.70 bits per heavy atom. The molecule has 0 aliphatic heterocycles. The fraction of sp³-hybridized carbons (Fsp3) is 0.174. The monoisotopic (exact) mass is 490 g/mol. The van der Waals surface area contributed by atoms with E-state index in [1.165, 1.54) is 23.9 Å². The van der Waals surface area contributed by atoms with Gasteiger partial charge < -0.3 is 9.47 Å². The summed E-state index contributed by atoms with van der Waals surface area (Å²) in [7, 11) is 0. The molecule has 1 saturated carbocycles. The van der Waals surface area contributed by atoms with Crippen LogP contribution >= 0.6 is 27.7 Å². The third-order valence-electron chi connectivity index (χ3n) is 4.58. The predicted octanol–water partition coefficient (Wildman–Crippen LogP) is 6.51. The summed E-state index contributed by atoms with van der Waals surface area (Å²) in [4.78, 5) is 13.1. The molecule has 0 N–H and O–H groups in total. The molecule has 1 aliphatic carbocycles. The summed E-state index contributed by atoms with van der Waals surface area (Å²) < 4.78 is 37.0. The van der Waals surface area contributed by atoms with Gasteiger partial charge in [-0.25, -0.2) is 8.78 Å². The van der Waals surface area contributed by atoms with Crippen LogP contribution in [0.1, 0.15) is 5.56 Å². The van der Waals surface area contributed by atoms with Crippen LogP contribution in [0.4, 0.5) is 8.78 Å². The van der Waals surface area contributed by atoms with Crippen molar-refractivity contribution in [2.45, 2.75) is 21.3 Å². The lowest BCUT2D eigenvalue weighted by Gasteiger charge is -2.08. The van der Waals surface area contributed by atoms with Crippen LogP contribution in [0.25, 0.3) is 0 Å². The number of alkyl halides is 2. The molecular weight excluding hydrogens is 474 g/mol. The molecule has 3 nitrogen and oxygen atoms in total. The summed E-state index contributed by atoms with van der Waals surface area (Å²) in [5, 5.41) is -0.636. The number of rotatable bonds is 7. The molecular formula is C23H17BrF2O3S. The van der Waals surface area contributed by atoms with Crippen molar-refractivity contribution in [3.63, 3.8) is 0 Å². The van der Waals surface area contributed by atoms with Gasteiger partial charge in [-0.15, -0.1) is 11.8 Å². The fourth-order valence-corrected chi connectivity index (χ4v) is 5.25. The standard InChI is InChI=1S/C23H17BrF2O3S/c24-23(26)20(21(23)30-19-11-9-16(25)10-12-19)22(27)28-14-15-5-4-8-18(13-15)29-17-6-2-1-3-7-17/h1-13,20-21H,14H2. The highest BCUT2D eigenvalue weighted by molar-refractivity contribution is 9.10. The van der Waals surface area contributed by atoms with E-state index in [9.17, 15) is 13.6 Å². The Labute approximate surface area is 185 Å². The maximum atomic E-state index is 14.7. The number of carbonyl (C=O) groups excluding carboxylic acids is 1. The van der Waals surface area contributed by atoms with Gasteiger partial charge in [0.25, 0.3) is 0 Å². The average molecular weight is 491 g/mol. The van der Waals surface area contributed by atoms with Crippen LogP contribution in [0.3, 0.4) is 0 Å². The minimum atomic E-state index is -1.85. The van der Waals surface area contributed by atoms with E-state index in [2.05, 4.69) is 15.9 Å². The van der Waals surface area contributed by atoms with Crippen LogP contribution in [-0.2, 0) is 16.1 Å². The number of ether oxygens (including phenoxy) is 2. The third-order valence-corrected chi connectivity index (χ3v) is 7.28. The van der Waals surface area contributed by atoms with Gasteiger partial charge in [0.1, 0.15) is 29.8 Å². The van der Waals surface area contributed by atoms with Crippen LogP contribution in [0.5, 0.6) is 11.5 Å². The molecule has 3 aromatic rings. The SMILES string of the molecule is O=C(OCc1cccc(Oc2ccccc2)c1)C1C(Sc2ccc(F)cc2)C1(F)Br. The lowest BCUT2D eigenvalue weighted by molar-refractivity contribution is -0.147. The first-order valence-corrected chi connectivity index (χ1v) is 10.9. The summed E-state index contributed by atoms with van der Waals surface area (Å²) in [5.74, 6) is -0.604. The molecule has 0 radical (unpaired) electrons. The lowest BCUT2D eigenvalue weighted by atomic mass is 10.2. The molecule has 30 heavy (non-hydrogen) atoms. The molecule has 4 rings (SSSR count). The highest BCUT2D eigenvalue weighted by Gasteiger charge is 2.70. The number of para-hydroxylation sites is 1. The van der Waals surface area contributed by atoms with Crippen molar-refractivity contribution in [2.75, 3.05) is 0 Å². The van der Waals surface area contributed by atoms with E-state index in [0.717, 1.165) is 5.56 Å². The normalized spacial score (nSPS) is 22.4. The van der Waals surface area contributed by atoms with Gasteiger partial charge in [-0.3, -0.25) is 4.79 Å². The van der Waals surface area contributed by atoms with Crippen LogP contribution in [-0.4, -0.2) is 15.8 Å². The van der Waals surface area contributed by atoms with Gasteiger partial charge in [-0.1, -0.05) is 30.3 Å². The van der Waals surface area contributed by atoms with Gasteiger partial charge in [-0.05, 0) is 70.0 Å². The zero-order valence-electron chi connectivity index (χ0n) is 15.6. The second-order valence-corrected chi connectivity index (χ2v) is 9.25. The molecule has 0 aromatic heterocycles. The lowest BCUT2D eigenvalue weighted by Crippen LogP contribution is -2.11. The molecule has 0 saturated heterocycles. The van der Waals surface area contributed by atoms with Gasteiger partial charge >= 0.3 is 5.97 Å². The minimum Gasteiger partial charge on any atom is -0.460 e. The first kappa shape index (κ1) is 20.9. The largest absolute Gasteiger partial charge is 0.460 e. The van der Waals surface area contributed by atoms with Gasteiger partial charge in [0.15, 0.2) is 4.58 Å². The van der Waals surface area contributed by atoms with Gasteiger partial charge in [0.2, 0.25) is 0 Å². The fourth-order valence-electron chi connectivity index (χ4n) is 2.95. The van der Waals surface area contributed by atoms with Crippen molar-refractivity contribution >= 4 is 33.7 Å². The van der Waals surface area contributed by atoms with Crippen molar-refractivity contribution in [3.05, 3.63) is 90.2 Å². The quantitative estimate of drug-likeness (QED) is 0.279. The van der Waals surface area contributed by atoms with Crippen molar-refractivity contribution in [2.24, 2.45) is 5.92 Å². The number of hydrogen-bond acceptors (Lipinski definition) is 4. The first-order valence-electron chi connectivity index (χ1n) is 9.22. The van der Waals surface area contributed by atoms with Crippen LogP contribution in [0.2, 0.25) is 0 Å². The van der Waals surface area contributed by atoms with E-state index >= 15 is 0 Å². The third kappa shape index (κ3) is 4.84. The molecule has 0 amide bonds. The zero-order valence-corrected chi connectivity index (χ0v) is 18.0. The van der Waals surface area contributed by atoms with E-state index in [-0.39, 0.29) is 12.4 Å². The zero-order chi connectivity index (χ0) is 21.1. The van der Waals surface area contributed by atoms with Crippen LogP contribution in [0, 0.1) is 11.7 Å². The first-order chi connectivity index (χ1) is 14.4. The Hall–Kier alpha value is -2.38. The molecule has 3 atom stereocenters. The highest BCUT2D eigenvalue weighted by Crippen LogP contribution is 2.61. The topological polar surface area (TPSA) is 35.5 Å². The van der Waals surface area contributed by atoms with Crippen molar-refractivity contribution in [1.82, 2.24) is 0 Å². The predicted molar refractivity (Wildman–Crippen MR) is 115 cm³/mol. The Morgan fingerprint density at radius 1 is 1.00 bits per heavy atom. The van der Waals surface area contributed by atoms with E-state index in [1.807, 2.05) is 30.3 Å².